The summed E-state index contributed by atoms with van der Waals surface area (Å²) in [6.07, 6.45) is -1.92. The van der Waals surface area contributed by atoms with Crippen molar-refractivity contribution in [3.63, 3.8) is 0 Å². The van der Waals surface area contributed by atoms with Gasteiger partial charge in [-0.2, -0.15) is 13.5 Å². The van der Waals surface area contributed by atoms with Gasteiger partial charge in [-0.15, -0.1) is 0 Å². The second kappa shape index (κ2) is 9.23. The van der Waals surface area contributed by atoms with E-state index in [1.54, 1.807) is 20.8 Å². The number of nitrogens with one attached hydrogen (secondary N) is 1. The van der Waals surface area contributed by atoms with Crippen molar-refractivity contribution in [2.45, 2.75) is 38.8 Å². The van der Waals surface area contributed by atoms with E-state index in [-0.39, 0.29) is 10.7 Å². The zero-order chi connectivity index (χ0) is 22.7. The molecule has 0 bridgehead atoms. The van der Waals surface area contributed by atoms with Gasteiger partial charge in [0.25, 0.3) is 16.5 Å². The number of alkyl halides is 2. The molecule has 2 aromatic rings. The van der Waals surface area contributed by atoms with E-state index in [1.165, 1.54) is 18.2 Å². The third kappa shape index (κ3) is 6.89. The molecule has 1 amide bonds. The van der Waals surface area contributed by atoms with Crippen LogP contribution in [0.4, 0.5) is 13.6 Å². The number of carbonyl (C=O) groups is 1. The van der Waals surface area contributed by atoms with Crippen LogP contribution in [0.3, 0.4) is 0 Å². The molecule has 0 aliphatic carbocycles. The smallest absolute Gasteiger partial charge is 0.408 e. The van der Waals surface area contributed by atoms with Crippen molar-refractivity contribution < 1.29 is 30.9 Å². The van der Waals surface area contributed by atoms with Gasteiger partial charge in [-0.25, -0.2) is 23.2 Å². The summed E-state index contributed by atoms with van der Waals surface area (Å²) in [4.78, 5) is 15.7. The van der Waals surface area contributed by atoms with Crippen LogP contribution in [0.1, 0.15) is 44.6 Å². The SMILES string of the molecule is CC(C)(C)OC(=O)N[C@H](COS(C)(=O)=O)c1ccc(Cl)c(-n2ncnc2C(F)F)c1. The van der Waals surface area contributed by atoms with Crippen LogP contribution in [0.5, 0.6) is 0 Å². The fourth-order valence-corrected chi connectivity index (χ4v) is 2.94. The molecule has 9 nitrogen and oxygen atoms in total. The Bertz CT molecular complexity index is 1010. The van der Waals surface area contributed by atoms with E-state index in [9.17, 15) is 22.0 Å². The van der Waals surface area contributed by atoms with Crippen LogP contribution in [0.2, 0.25) is 5.02 Å². The third-order valence-corrected chi connectivity index (χ3v) is 4.39. The van der Waals surface area contributed by atoms with Crippen molar-refractivity contribution in [1.29, 1.82) is 0 Å². The summed E-state index contributed by atoms with van der Waals surface area (Å²) in [7, 11) is -3.82. The predicted octanol–water partition coefficient (Wildman–Crippen LogP) is 3.40. The molecule has 0 unspecified atom stereocenters. The highest BCUT2D eigenvalue weighted by molar-refractivity contribution is 7.85. The summed E-state index contributed by atoms with van der Waals surface area (Å²) >= 11 is 6.14. The Morgan fingerprint density at radius 2 is 2.00 bits per heavy atom. The number of benzene rings is 1. The van der Waals surface area contributed by atoms with Gasteiger partial charge < -0.3 is 10.1 Å². The Morgan fingerprint density at radius 1 is 1.33 bits per heavy atom. The summed E-state index contributed by atoms with van der Waals surface area (Å²) in [5.74, 6) is -0.627. The molecule has 1 aromatic carbocycles. The Labute approximate surface area is 177 Å². The molecule has 0 saturated carbocycles. The van der Waals surface area contributed by atoms with Gasteiger partial charge in [-0.3, -0.25) is 4.18 Å². The van der Waals surface area contributed by atoms with Gasteiger partial charge in [-0.05, 0) is 38.5 Å². The highest BCUT2D eigenvalue weighted by Crippen LogP contribution is 2.28. The number of amides is 1. The van der Waals surface area contributed by atoms with E-state index in [4.69, 9.17) is 20.5 Å². The Kier molecular flexibility index (Phi) is 7.37. The average molecular weight is 467 g/mol. The largest absolute Gasteiger partial charge is 0.444 e. The molecule has 1 aromatic heterocycles. The summed E-state index contributed by atoms with van der Waals surface area (Å²) < 4.78 is 60.1. The van der Waals surface area contributed by atoms with Gasteiger partial charge in [0.15, 0.2) is 5.82 Å². The number of carbonyl (C=O) groups excluding carboxylic acids is 1. The van der Waals surface area contributed by atoms with E-state index in [1.807, 2.05) is 0 Å². The van der Waals surface area contributed by atoms with Crippen molar-refractivity contribution in [3.8, 4) is 5.69 Å². The number of rotatable bonds is 7. The fraction of sp³-hybridized carbons (Fsp3) is 0.471. The summed E-state index contributed by atoms with van der Waals surface area (Å²) in [5.41, 5.74) is -0.415. The molecule has 13 heteroatoms. The Morgan fingerprint density at radius 3 is 2.57 bits per heavy atom. The minimum absolute atomic E-state index is 0.0670. The minimum Gasteiger partial charge on any atom is -0.444 e. The predicted molar refractivity (Wildman–Crippen MR) is 104 cm³/mol. The lowest BCUT2D eigenvalue weighted by Crippen LogP contribution is -2.37. The van der Waals surface area contributed by atoms with Gasteiger partial charge in [0.2, 0.25) is 0 Å². The van der Waals surface area contributed by atoms with Crippen LogP contribution in [0.25, 0.3) is 5.69 Å². The maximum atomic E-state index is 13.2. The van der Waals surface area contributed by atoms with E-state index < -0.39 is 46.7 Å². The van der Waals surface area contributed by atoms with Crippen LogP contribution in [0, 0.1) is 0 Å². The maximum Gasteiger partial charge on any atom is 0.408 e. The number of alkyl carbamates (subject to hydrolysis) is 1. The Balaban J connectivity index is 2.42. The maximum absolute atomic E-state index is 13.2. The molecule has 2 rings (SSSR count). The first kappa shape index (κ1) is 24.0. The molecule has 0 saturated heterocycles. The molecule has 1 atom stereocenters. The highest BCUT2D eigenvalue weighted by atomic mass is 35.5. The lowest BCUT2D eigenvalue weighted by molar-refractivity contribution is 0.0487. The van der Waals surface area contributed by atoms with Crippen LogP contribution in [-0.2, 0) is 19.0 Å². The fourth-order valence-electron chi connectivity index (χ4n) is 2.36. The Hall–Kier alpha value is -2.31. The van der Waals surface area contributed by atoms with Crippen molar-refractivity contribution in [3.05, 3.63) is 40.9 Å². The van der Waals surface area contributed by atoms with Crippen molar-refractivity contribution in [2.75, 3.05) is 12.9 Å². The lowest BCUT2D eigenvalue weighted by atomic mass is 10.1. The standard InChI is InChI=1S/C17H21ClF2N4O5S/c1-17(2,3)29-16(25)23-12(8-28-30(4,26)27)10-5-6-11(18)13(7-10)24-15(14(19)20)21-9-22-24/h5-7,9,12,14H,8H2,1-4H3,(H,23,25)/t12-/m1/s1. The van der Waals surface area contributed by atoms with Gasteiger partial charge in [0, 0.05) is 0 Å². The first-order valence-corrected chi connectivity index (χ1v) is 10.8. The minimum atomic E-state index is -3.82. The van der Waals surface area contributed by atoms with E-state index in [2.05, 4.69) is 15.4 Å². The van der Waals surface area contributed by atoms with Gasteiger partial charge in [0.1, 0.15) is 11.9 Å². The molecule has 0 aliphatic heterocycles. The second-order valence-electron chi connectivity index (χ2n) is 7.23. The molecule has 0 fully saturated rings. The van der Waals surface area contributed by atoms with Crippen molar-refractivity contribution >= 4 is 27.8 Å². The molecule has 0 spiro atoms. The van der Waals surface area contributed by atoms with Crippen LogP contribution >= 0.6 is 11.6 Å². The highest BCUT2D eigenvalue weighted by Gasteiger charge is 2.24. The van der Waals surface area contributed by atoms with Crippen molar-refractivity contribution in [2.24, 2.45) is 0 Å². The first-order valence-electron chi connectivity index (χ1n) is 8.58. The van der Waals surface area contributed by atoms with Gasteiger partial charge in [0.05, 0.1) is 29.6 Å². The van der Waals surface area contributed by atoms with Crippen LogP contribution in [0.15, 0.2) is 24.5 Å². The summed E-state index contributed by atoms with van der Waals surface area (Å²) in [5, 5.41) is 6.36. The topological polar surface area (TPSA) is 112 Å². The monoisotopic (exact) mass is 466 g/mol. The summed E-state index contributed by atoms with van der Waals surface area (Å²) in [6, 6.07) is 3.26. The molecule has 1 heterocycles. The number of hydrogen-bond acceptors (Lipinski definition) is 7. The summed E-state index contributed by atoms with van der Waals surface area (Å²) in [6.45, 7) is 4.51. The molecule has 0 aliphatic rings. The number of nitrogens with zero attached hydrogens (tertiary/aromatic N) is 3. The number of ether oxygens (including phenoxy) is 1. The molecule has 0 radical (unpaired) electrons. The first-order chi connectivity index (χ1) is 13.8. The average Bonchev–Trinajstić information content (AvgIpc) is 3.06. The third-order valence-electron chi connectivity index (χ3n) is 3.51. The normalized spacial score (nSPS) is 13.3. The van der Waals surface area contributed by atoms with Crippen LogP contribution in [-0.4, -0.2) is 47.7 Å². The van der Waals surface area contributed by atoms with Gasteiger partial charge >= 0.3 is 6.09 Å². The molecular formula is C17H21ClF2N4O5S. The molecule has 1 N–H and O–H groups in total. The van der Waals surface area contributed by atoms with Crippen molar-refractivity contribution in [1.82, 2.24) is 20.1 Å². The second-order valence-corrected chi connectivity index (χ2v) is 9.28. The van der Waals surface area contributed by atoms with Gasteiger partial charge in [-0.1, -0.05) is 17.7 Å². The van der Waals surface area contributed by atoms with E-state index in [0.29, 0.717) is 5.56 Å². The number of aromatic nitrogens is 3. The van der Waals surface area contributed by atoms with Crippen LogP contribution < -0.4 is 5.32 Å². The van der Waals surface area contributed by atoms with E-state index in [0.717, 1.165) is 17.3 Å². The molecular weight excluding hydrogens is 446 g/mol. The quantitative estimate of drug-likeness (QED) is 0.622. The number of hydrogen-bond donors (Lipinski definition) is 1. The molecule has 30 heavy (non-hydrogen) atoms. The zero-order valence-electron chi connectivity index (χ0n) is 16.6. The lowest BCUT2D eigenvalue weighted by Gasteiger charge is -2.24. The number of halogens is 3. The molecule has 166 valence electrons. The van der Waals surface area contributed by atoms with E-state index >= 15 is 0 Å². The zero-order valence-corrected chi connectivity index (χ0v) is 18.2.